The molecule has 0 spiro atoms. The maximum atomic E-state index is 5.69. The van der Waals surface area contributed by atoms with Crippen molar-refractivity contribution in [2.45, 2.75) is 23.3 Å². The minimum absolute atomic E-state index is 0.627. The normalized spacial score (nSPS) is 11.4. The van der Waals surface area contributed by atoms with Gasteiger partial charge in [0.05, 0.1) is 16.9 Å². The molecule has 0 aromatic carbocycles. The van der Waals surface area contributed by atoms with Gasteiger partial charge >= 0.3 is 0 Å². The summed E-state index contributed by atoms with van der Waals surface area (Å²) in [6.45, 7) is 2.59. The molecule has 2 N–H and O–H groups in total. The van der Waals surface area contributed by atoms with Crippen molar-refractivity contribution in [2.24, 2.45) is 5.73 Å². The predicted molar refractivity (Wildman–Crippen MR) is 73.4 cm³/mol. The molecule has 4 nitrogen and oxygen atoms in total. The van der Waals surface area contributed by atoms with Crippen LogP contribution in [-0.2, 0) is 6.42 Å². The van der Waals surface area contributed by atoms with E-state index in [0.717, 1.165) is 27.1 Å². The lowest BCUT2D eigenvalue weighted by atomic mass is 10.3. The van der Waals surface area contributed by atoms with Gasteiger partial charge in [-0.3, -0.25) is 4.40 Å². The van der Waals surface area contributed by atoms with Gasteiger partial charge in [-0.2, -0.15) is 0 Å². The van der Waals surface area contributed by atoms with Crippen LogP contribution in [0.15, 0.2) is 38.2 Å². The number of nitrogens with zero attached hydrogens (tertiary/aromatic N) is 2. The van der Waals surface area contributed by atoms with Crippen LogP contribution in [0.4, 0.5) is 0 Å². The van der Waals surface area contributed by atoms with Gasteiger partial charge in [-0.1, -0.05) is 11.8 Å². The Balaban J connectivity index is 2.02. The van der Waals surface area contributed by atoms with E-state index in [0.29, 0.717) is 6.54 Å². The summed E-state index contributed by atoms with van der Waals surface area (Å²) in [6, 6.07) is 1.97. The standard InChI is InChI=1S/C12H13N3OS2/c1-8-10(3-6-16-8)18-11-9(2-4-13)15-5-7-17-12(15)14-11/h3,5-7H,2,4,13H2,1H3. The highest BCUT2D eigenvalue weighted by atomic mass is 32.2. The van der Waals surface area contributed by atoms with Crippen LogP contribution in [0.25, 0.3) is 4.96 Å². The van der Waals surface area contributed by atoms with Gasteiger partial charge in [0.25, 0.3) is 0 Å². The highest BCUT2D eigenvalue weighted by Crippen LogP contribution is 2.34. The quantitative estimate of drug-likeness (QED) is 0.797. The average Bonchev–Trinajstić information content (AvgIpc) is 3.01. The van der Waals surface area contributed by atoms with E-state index in [-0.39, 0.29) is 0 Å². The number of hydrogen-bond acceptors (Lipinski definition) is 5. The molecule has 0 aliphatic rings. The van der Waals surface area contributed by atoms with Crippen molar-refractivity contribution >= 4 is 28.1 Å². The third-order valence-electron chi connectivity index (χ3n) is 2.72. The number of aryl methyl sites for hydroxylation is 1. The monoisotopic (exact) mass is 279 g/mol. The molecule has 0 atom stereocenters. The van der Waals surface area contributed by atoms with Crippen LogP contribution in [0.5, 0.6) is 0 Å². The summed E-state index contributed by atoms with van der Waals surface area (Å²) in [4.78, 5) is 6.78. The molecule has 3 heterocycles. The molecule has 0 aliphatic carbocycles. The van der Waals surface area contributed by atoms with Crippen LogP contribution in [-0.4, -0.2) is 15.9 Å². The molecular formula is C12H13N3OS2. The Morgan fingerprint density at radius 2 is 2.44 bits per heavy atom. The molecule has 0 aliphatic heterocycles. The zero-order chi connectivity index (χ0) is 12.5. The van der Waals surface area contributed by atoms with Crippen LogP contribution in [0, 0.1) is 6.92 Å². The van der Waals surface area contributed by atoms with Gasteiger partial charge in [-0.25, -0.2) is 4.98 Å². The first kappa shape index (κ1) is 11.8. The topological polar surface area (TPSA) is 56.5 Å². The van der Waals surface area contributed by atoms with Gasteiger partial charge < -0.3 is 10.2 Å². The fraction of sp³-hybridized carbons (Fsp3) is 0.250. The Morgan fingerprint density at radius 3 is 3.17 bits per heavy atom. The van der Waals surface area contributed by atoms with Gasteiger partial charge in [0.15, 0.2) is 4.96 Å². The molecular weight excluding hydrogens is 266 g/mol. The van der Waals surface area contributed by atoms with E-state index in [9.17, 15) is 0 Å². The van der Waals surface area contributed by atoms with Gasteiger partial charge in [0.2, 0.25) is 0 Å². The molecule has 94 valence electrons. The van der Waals surface area contributed by atoms with Gasteiger partial charge in [-0.15, -0.1) is 11.3 Å². The Labute approximate surface area is 113 Å². The van der Waals surface area contributed by atoms with Crippen molar-refractivity contribution < 1.29 is 4.42 Å². The van der Waals surface area contributed by atoms with E-state index >= 15 is 0 Å². The highest BCUT2D eigenvalue weighted by Gasteiger charge is 2.15. The van der Waals surface area contributed by atoms with E-state index in [2.05, 4.69) is 9.38 Å². The second kappa shape index (κ2) is 4.79. The molecule has 0 radical (unpaired) electrons. The number of furan rings is 1. The van der Waals surface area contributed by atoms with Gasteiger partial charge in [-0.05, 0) is 19.5 Å². The number of hydrogen-bond donors (Lipinski definition) is 1. The van der Waals surface area contributed by atoms with Crippen LogP contribution in [0.3, 0.4) is 0 Å². The smallest absolute Gasteiger partial charge is 0.194 e. The number of imidazole rings is 1. The second-order valence-electron chi connectivity index (χ2n) is 3.90. The Morgan fingerprint density at radius 1 is 1.56 bits per heavy atom. The minimum atomic E-state index is 0.627. The minimum Gasteiger partial charge on any atom is -0.468 e. The maximum Gasteiger partial charge on any atom is 0.194 e. The number of rotatable bonds is 4. The largest absolute Gasteiger partial charge is 0.468 e. The Bertz CT molecular complexity index is 668. The molecule has 3 rings (SSSR count). The first-order chi connectivity index (χ1) is 8.79. The lowest BCUT2D eigenvalue weighted by Gasteiger charge is -2.01. The lowest BCUT2D eigenvalue weighted by Crippen LogP contribution is -2.05. The molecule has 6 heteroatoms. The first-order valence-corrected chi connectivity index (χ1v) is 7.35. The maximum absolute atomic E-state index is 5.69. The van der Waals surface area contributed by atoms with Crippen molar-refractivity contribution in [3.8, 4) is 0 Å². The van der Waals surface area contributed by atoms with E-state index in [1.54, 1.807) is 29.4 Å². The molecule has 0 fully saturated rings. The van der Waals surface area contributed by atoms with Gasteiger partial charge in [0.1, 0.15) is 10.8 Å². The second-order valence-corrected chi connectivity index (χ2v) is 5.80. The molecule has 0 saturated heterocycles. The van der Waals surface area contributed by atoms with Crippen molar-refractivity contribution in [3.05, 3.63) is 35.4 Å². The summed E-state index contributed by atoms with van der Waals surface area (Å²) in [5.74, 6) is 0.926. The predicted octanol–water partition coefficient (Wildman–Crippen LogP) is 2.95. The molecule has 0 unspecified atom stereocenters. The van der Waals surface area contributed by atoms with Crippen LogP contribution < -0.4 is 5.73 Å². The molecule has 0 amide bonds. The fourth-order valence-electron chi connectivity index (χ4n) is 1.84. The fourth-order valence-corrected chi connectivity index (χ4v) is 3.61. The van der Waals surface area contributed by atoms with Crippen LogP contribution in [0.1, 0.15) is 11.5 Å². The van der Waals surface area contributed by atoms with E-state index in [1.807, 2.05) is 24.6 Å². The molecule has 18 heavy (non-hydrogen) atoms. The molecule has 3 aromatic rings. The summed E-state index contributed by atoms with van der Waals surface area (Å²) < 4.78 is 7.43. The lowest BCUT2D eigenvalue weighted by molar-refractivity contribution is 0.527. The molecule has 0 saturated carbocycles. The number of fused-ring (bicyclic) bond motifs is 1. The molecule has 0 bridgehead atoms. The van der Waals surface area contributed by atoms with Crippen LogP contribution in [0.2, 0.25) is 0 Å². The summed E-state index contributed by atoms with van der Waals surface area (Å²) in [7, 11) is 0. The highest BCUT2D eigenvalue weighted by molar-refractivity contribution is 7.99. The van der Waals surface area contributed by atoms with Gasteiger partial charge in [0, 0.05) is 18.0 Å². The zero-order valence-electron chi connectivity index (χ0n) is 9.92. The van der Waals surface area contributed by atoms with Crippen LogP contribution >= 0.6 is 23.1 Å². The third-order valence-corrected chi connectivity index (χ3v) is 4.64. The third kappa shape index (κ3) is 1.96. The number of aromatic nitrogens is 2. The Kier molecular flexibility index (Phi) is 3.15. The van der Waals surface area contributed by atoms with Crippen molar-refractivity contribution in [1.82, 2.24) is 9.38 Å². The number of thiazole rings is 1. The van der Waals surface area contributed by atoms with E-state index in [4.69, 9.17) is 10.2 Å². The number of nitrogens with two attached hydrogens (primary N) is 1. The van der Waals surface area contributed by atoms with Crippen molar-refractivity contribution in [1.29, 1.82) is 0 Å². The SMILES string of the molecule is Cc1occc1Sc1nc2sccn2c1CCN. The first-order valence-electron chi connectivity index (χ1n) is 5.66. The average molecular weight is 279 g/mol. The summed E-state index contributed by atoms with van der Waals surface area (Å²) >= 11 is 3.28. The summed E-state index contributed by atoms with van der Waals surface area (Å²) in [6.07, 6.45) is 4.58. The van der Waals surface area contributed by atoms with E-state index in [1.165, 1.54) is 5.69 Å². The summed E-state index contributed by atoms with van der Waals surface area (Å²) in [5.41, 5.74) is 6.87. The van der Waals surface area contributed by atoms with Crippen molar-refractivity contribution in [3.63, 3.8) is 0 Å². The summed E-state index contributed by atoms with van der Waals surface area (Å²) in [5, 5.41) is 3.07. The molecule has 3 aromatic heterocycles. The van der Waals surface area contributed by atoms with E-state index < -0.39 is 0 Å². The zero-order valence-corrected chi connectivity index (χ0v) is 11.6. The van der Waals surface area contributed by atoms with Crippen molar-refractivity contribution in [2.75, 3.05) is 6.54 Å². The Hall–Kier alpha value is -1.24.